The predicted molar refractivity (Wildman–Crippen MR) is 118 cm³/mol. The molecule has 4 aromatic rings. The smallest absolute Gasteiger partial charge is 0.258 e. The van der Waals surface area contributed by atoms with Crippen molar-refractivity contribution in [2.24, 2.45) is 0 Å². The van der Waals surface area contributed by atoms with Gasteiger partial charge in [-0.15, -0.1) is 0 Å². The number of methoxy groups -OCH3 is 1. The minimum Gasteiger partial charge on any atom is -0.481 e. The van der Waals surface area contributed by atoms with E-state index in [1.807, 2.05) is 36.4 Å². The quantitative estimate of drug-likeness (QED) is 0.514. The van der Waals surface area contributed by atoms with Gasteiger partial charge in [0, 0.05) is 47.4 Å². The molecule has 0 bridgehead atoms. The first-order valence-corrected chi connectivity index (χ1v) is 10.3. The maximum Gasteiger partial charge on any atom is 0.258 e. The van der Waals surface area contributed by atoms with Crippen LogP contribution in [-0.4, -0.2) is 46.1 Å². The molecular weight excluding hydrogens is 394 g/mol. The van der Waals surface area contributed by atoms with E-state index >= 15 is 0 Å². The van der Waals surface area contributed by atoms with Gasteiger partial charge in [-0.3, -0.25) is 9.78 Å². The van der Waals surface area contributed by atoms with Crippen molar-refractivity contribution in [2.75, 3.05) is 20.3 Å². The summed E-state index contributed by atoms with van der Waals surface area (Å²) in [5.74, 6) is 0.562. The summed E-state index contributed by atoms with van der Waals surface area (Å²) in [6.07, 6.45) is 5.81. The van der Waals surface area contributed by atoms with E-state index in [1.54, 1.807) is 30.3 Å². The second-order valence-corrected chi connectivity index (χ2v) is 7.81. The summed E-state index contributed by atoms with van der Waals surface area (Å²) >= 11 is 0. The van der Waals surface area contributed by atoms with Crippen molar-refractivity contribution >= 4 is 21.7 Å². The highest BCUT2D eigenvalue weighted by molar-refractivity contribution is 6.06. The van der Waals surface area contributed by atoms with Gasteiger partial charge in [0.25, 0.3) is 5.56 Å². The molecular formula is C24H23N3O4. The largest absolute Gasteiger partial charge is 0.481 e. The van der Waals surface area contributed by atoms with Crippen molar-refractivity contribution in [2.45, 2.75) is 25.0 Å². The van der Waals surface area contributed by atoms with Crippen LogP contribution in [0.3, 0.4) is 0 Å². The lowest BCUT2D eigenvalue weighted by Crippen LogP contribution is -2.38. The van der Waals surface area contributed by atoms with Crippen LogP contribution in [0.1, 0.15) is 23.6 Å². The van der Waals surface area contributed by atoms with Crippen LogP contribution in [0.2, 0.25) is 0 Å². The summed E-state index contributed by atoms with van der Waals surface area (Å²) in [5.41, 5.74) is 2.70. The van der Waals surface area contributed by atoms with E-state index in [9.17, 15) is 9.90 Å². The molecule has 31 heavy (non-hydrogen) atoms. The fraction of sp³-hybridized carbons (Fsp3) is 0.292. The number of pyridine rings is 3. The van der Waals surface area contributed by atoms with Gasteiger partial charge in [-0.1, -0.05) is 12.1 Å². The average molecular weight is 417 g/mol. The Bertz CT molecular complexity index is 1300. The molecule has 4 heterocycles. The Balaban J connectivity index is 1.67. The van der Waals surface area contributed by atoms with Crippen molar-refractivity contribution in [3.8, 4) is 5.88 Å². The molecule has 0 amide bonds. The van der Waals surface area contributed by atoms with Crippen LogP contribution in [0.5, 0.6) is 5.88 Å². The van der Waals surface area contributed by atoms with Crippen LogP contribution in [-0.2, 0) is 11.2 Å². The van der Waals surface area contributed by atoms with E-state index in [-0.39, 0.29) is 18.2 Å². The first kappa shape index (κ1) is 19.7. The molecule has 1 N–H and O–H groups in total. The normalized spacial score (nSPS) is 19.0. The minimum absolute atomic E-state index is 0.120. The molecule has 0 unspecified atom stereocenters. The second-order valence-electron chi connectivity index (χ2n) is 7.81. The lowest BCUT2D eigenvalue weighted by Gasteiger charge is -2.29. The standard InChI is InChI=1S/C24H23N3O4/c1-30-22-5-4-15(13-26-22)11-16-12-19-18(23-17(16)3-2-8-25-23)6-9-27(24(19)29)20-7-10-31-14-21(20)28/h2-6,8-9,12-13,20-21,28H,7,10-11,14H2,1H3/t20-,21-/m0/s1. The van der Waals surface area contributed by atoms with Crippen LogP contribution in [0.4, 0.5) is 0 Å². The molecule has 1 aliphatic rings. The number of benzene rings is 1. The second kappa shape index (κ2) is 8.09. The van der Waals surface area contributed by atoms with Crippen molar-refractivity contribution in [3.05, 3.63) is 76.5 Å². The zero-order valence-corrected chi connectivity index (χ0v) is 17.2. The molecule has 3 aromatic heterocycles. The van der Waals surface area contributed by atoms with E-state index in [1.165, 1.54) is 0 Å². The van der Waals surface area contributed by atoms with Crippen LogP contribution in [0.25, 0.3) is 21.7 Å². The van der Waals surface area contributed by atoms with E-state index in [2.05, 4.69) is 9.97 Å². The molecule has 0 spiro atoms. The maximum absolute atomic E-state index is 13.5. The Hall–Kier alpha value is -3.29. The van der Waals surface area contributed by atoms with Crippen LogP contribution < -0.4 is 10.3 Å². The summed E-state index contributed by atoms with van der Waals surface area (Å²) in [7, 11) is 1.59. The fourth-order valence-corrected chi connectivity index (χ4v) is 4.34. The van der Waals surface area contributed by atoms with Gasteiger partial charge in [0.2, 0.25) is 5.88 Å². The third-order valence-electron chi connectivity index (χ3n) is 5.93. The highest BCUT2D eigenvalue weighted by Crippen LogP contribution is 2.28. The lowest BCUT2D eigenvalue weighted by molar-refractivity contribution is -0.0392. The third-order valence-corrected chi connectivity index (χ3v) is 5.93. The Morgan fingerprint density at radius 3 is 2.87 bits per heavy atom. The topological polar surface area (TPSA) is 86.5 Å². The number of hydrogen-bond donors (Lipinski definition) is 1. The minimum atomic E-state index is -0.702. The number of aliphatic hydroxyl groups excluding tert-OH is 1. The van der Waals surface area contributed by atoms with E-state index in [4.69, 9.17) is 9.47 Å². The lowest BCUT2D eigenvalue weighted by atomic mass is 9.97. The van der Waals surface area contributed by atoms with Gasteiger partial charge >= 0.3 is 0 Å². The van der Waals surface area contributed by atoms with Gasteiger partial charge in [0.15, 0.2) is 0 Å². The molecule has 1 fully saturated rings. The van der Waals surface area contributed by atoms with Crippen molar-refractivity contribution in [1.29, 1.82) is 0 Å². The monoisotopic (exact) mass is 417 g/mol. The van der Waals surface area contributed by atoms with Crippen molar-refractivity contribution in [1.82, 2.24) is 14.5 Å². The van der Waals surface area contributed by atoms with Gasteiger partial charge in [0.1, 0.15) is 0 Å². The molecule has 2 atom stereocenters. The fourth-order valence-electron chi connectivity index (χ4n) is 4.34. The van der Waals surface area contributed by atoms with Gasteiger partial charge in [-0.05, 0) is 42.2 Å². The molecule has 7 nitrogen and oxygen atoms in total. The molecule has 0 saturated carbocycles. The predicted octanol–water partition coefficient (Wildman–Crippen LogP) is 2.87. The molecule has 1 saturated heterocycles. The number of hydrogen-bond acceptors (Lipinski definition) is 6. The van der Waals surface area contributed by atoms with Gasteiger partial charge in [-0.2, -0.15) is 0 Å². The molecule has 0 radical (unpaired) electrons. The Morgan fingerprint density at radius 1 is 1.19 bits per heavy atom. The Morgan fingerprint density at radius 2 is 2.10 bits per heavy atom. The maximum atomic E-state index is 13.5. The third kappa shape index (κ3) is 3.56. The number of rotatable bonds is 4. The number of aromatic nitrogens is 3. The Kier molecular flexibility index (Phi) is 5.13. The summed E-state index contributed by atoms with van der Waals surface area (Å²) < 4.78 is 12.1. The van der Waals surface area contributed by atoms with Crippen LogP contribution in [0, 0.1) is 0 Å². The van der Waals surface area contributed by atoms with Crippen molar-refractivity contribution < 1.29 is 14.6 Å². The summed E-state index contributed by atoms with van der Waals surface area (Å²) in [4.78, 5) is 22.3. The molecule has 1 aliphatic heterocycles. The number of aliphatic hydroxyl groups is 1. The first-order valence-electron chi connectivity index (χ1n) is 10.3. The molecule has 0 aliphatic carbocycles. The number of ether oxygens (including phenoxy) is 2. The highest BCUT2D eigenvalue weighted by Gasteiger charge is 2.26. The van der Waals surface area contributed by atoms with E-state index in [0.29, 0.717) is 30.7 Å². The summed E-state index contributed by atoms with van der Waals surface area (Å²) in [6, 6.07) is 11.3. The zero-order chi connectivity index (χ0) is 21.4. The zero-order valence-electron chi connectivity index (χ0n) is 17.2. The van der Waals surface area contributed by atoms with Crippen LogP contribution in [0.15, 0.2) is 59.8 Å². The van der Waals surface area contributed by atoms with E-state index < -0.39 is 6.10 Å². The highest BCUT2D eigenvalue weighted by atomic mass is 16.5. The van der Waals surface area contributed by atoms with Gasteiger partial charge < -0.3 is 19.1 Å². The van der Waals surface area contributed by atoms with Crippen molar-refractivity contribution in [3.63, 3.8) is 0 Å². The molecule has 7 heteroatoms. The van der Waals surface area contributed by atoms with Gasteiger partial charge in [-0.25, -0.2) is 4.98 Å². The molecule has 1 aromatic carbocycles. The van der Waals surface area contributed by atoms with Gasteiger partial charge in [0.05, 0.1) is 31.4 Å². The SMILES string of the molecule is COc1ccc(Cc2cc3c(=O)n([C@H]4CCOC[C@@H]4O)ccc3c3ncccc23)cn1. The average Bonchev–Trinajstić information content (AvgIpc) is 2.81. The molecule has 5 rings (SSSR count). The number of nitrogens with zero attached hydrogens (tertiary/aromatic N) is 3. The van der Waals surface area contributed by atoms with E-state index in [0.717, 1.165) is 27.4 Å². The first-order chi connectivity index (χ1) is 15.2. The Labute approximate surface area is 178 Å². The molecule has 158 valence electrons. The summed E-state index contributed by atoms with van der Waals surface area (Å²) in [6.45, 7) is 0.769. The summed E-state index contributed by atoms with van der Waals surface area (Å²) in [5, 5.41) is 12.8. The number of fused-ring (bicyclic) bond motifs is 3. The van der Waals surface area contributed by atoms with Crippen LogP contribution >= 0.6 is 0 Å².